The lowest BCUT2D eigenvalue weighted by Gasteiger charge is -2.18. The number of carbonyl (C=O) groups is 1. The zero-order valence-electron chi connectivity index (χ0n) is 9.50. The maximum absolute atomic E-state index is 11.3. The highest BCUT2D eigenvalue weighted by Gasteiger charge is 2.30. The van der Waals surface area contributed by atoms with Crippen molar-refractivity contribution in [3.8, 4) is 0 Å². The lowest BCUT2D eigenvalue weighted by atomic mass is 9.88. The minimum Gasteiger partial charge on any atom is -0.353 e. The second-order valence-electron chi connectivity index (χ2n) is 4.46. The Morgan fingerprint density at radius 2 is 2.07 bits per heavy atom. The third kappa shape index (κ3) is 1.76. The van der Waals surface area contributed by atoms with Gasteiger partial charge in [-0.05, 0) is 37.5 Å². The van der Waals surface area contributed by atoms with Crippen LogP contribution < -0.4 is 5.32 Å². The van der Waals surface area contributed by atoms with E-state index >= 15 is 0 Å². The van der Waals surface area contributed by atoms with Gasteiger partial charge in [-0.25, -0.2) is 0 Å². The van der Waals surface area contributed by atoms with Crippen molar-refractivity contribution < 1.29 is 4.79 Å². The molecule has 0 bridgehead atoms. The largest absolute Gasteiger partial charge is 0.353 e. The molecule has 1 N–H and O–H groups in total. The highest BCUT2D eigenvalue weighted by Crippen LogP contribution is 2.31. The summed E-state index contributed by atoms with van der Waals surface area (Å²) in [7, 11) is 0. The molecule has 1 amide bonds. The highest BCUT2D eigenvalue weighted by molar-refractivity contribution is 5.80. The summed E-state index contributed by atoms with van der Waals surface area (Å²) >= 11 is 0. The van der Waals surface area contributed by atoms with E-state index in [1.54, 1.807) is 0 Å². The maximum atomic E-state index is 11.3. The van der Waals surface area contributed by atoms with E-state index in [1.807, 2.05) is 0 Å². The van der Waals surface area contributed by atoms with Crippen LogP contribution in [0, 0.1) is 13.8 Å². The zero-order valence-corrected chi connectivity index (χ0v) is 9.50. The fourth-order valence-electron chi connectivity index (χ4n) is 2.34. The predicted octanol–water partition coefficient (Wildman–Crippen LogP) is 2.30. The van der Waals surface area contributed by atoms with Gasteiger partial charge in [0.2, 0.25) is 5.91 Å². The van der Waals surface area contributed by atoms with Crippen LogP contribution in [0.25, 0.3) is 0 Å². The number of rotatable bonds is 1. The van der Waals surface area contributed by atoms with Crippen LogP contribution in [0.3, 0.4) is 0 Å². The van der Waals surface area contributed by atoms with E-state index < -0.39 is 0 Å². The van der Waals surface area contributed by atoms with Crippen LogP contribution in [0.15, 0.2) is 18.2 Å². The standard InChI is InChI=1S/C13H17NO/c1-8-5-4-6-11(9(8)2)12-7-13(15)14-10(12)3/h4-6,10,12H,7H2,1-3H3,(H,14,15). The second kappa shape index (κ2) is 3.69. The van der Waals surface area contributed by atoms with Crippen molar-refractivity contribution in [2.45, 2.75) is 39.2 Å². The maximum Gasteiger partial charge on any atom is 0.220 e. The third-order valence-corrected chi connectivity index (χ3v) is 3.44. The fourth-order valence-corrected chi connectivity index (χ4v) is 2.34. The molecule has 0 spiro atoms. The molecular formula is C13H17NO. The van der Waals surface area contributed by atoms with E-state index in [1.165, 1.54) is 16.7 Å². The van der Waals surface area contributed by atoms with Gasteiger partial charge in [0.1, 0.15) is 0 Å². The molecule has 15 heavy (non-hydrogen) atoms. The van der Waals surface area contributed by atoms with Gasteiger partial charge in [0.05, 0.1) is 0 Å². The first-order valence-electron chi connectivity index (χ1n) is 5.45. The zero-order chi connectivity index (χ0) is 11.0. The third-order valence-electron chi connectivity index (χ3n) is 3.44. The van der Waals surface area contributed by atoms with E-state index in [2.05, 4.69) is 44.3 Å². The van der Waals surface area contributed by atoms with Crippen molar-refractivity contribution in [2.75, 3.05) is 0 Å². The first kappa shape index (κ1) is 10.2. The molecule has 1 aromatic carbocycles. The average Bonchev–Trinajstić information content (AvgIpc) is 2.50. The van der Waals surface area contributed by atoms with Gasteiger partial charge in [-0.2, -0.15) is 0 Å². The molecule has 2 nitrogen and oxygen atoms in total. The minimum atomic E-state index is 0.174. The van der Waals surface area contributed by atoms with E-state index in [-0.39, 0.29) is 11.9 Å². The van der Waals surface area contributed by atoms with Crippen molar-refractivity contribution in [1.29, 1.82) is 0 Å². The number of carbonyl (C=O) groups excluding carboxylic acids is 1. The van der Waals surface area contributed by atoms with Crippen LogP contribution in [0.2, 0.25) is 0 Å². The molecule has 1 fully saturated rings. The molecule has 1 aliphatic rings. The van der Waals surface area contributed by atoms with Gasteiger partial charge in [0.15, 0.2) is 0 Å². The molecule has 1 saturated heterocycles. The minimum absolute atomic E-state index is 0.174. The molecule has 2 atom stereocenters. The van der Waals surface area contributed by atoms with Crippen molar-refractivity contribution in [3.05, 3.63) is 34.9 Å². The first-order valence-corrected chi connectivity index (χ1v) is 5.45. The van der Waals surface area contributed by atoms with Gasteiger partial charge >= 0.3 is 0 Å². The van der Waals surface area contributed by atoms with Gasteiger partial charge < -0.3 is 5.32 Å². The molecule has 0 radical (unpaired) electrons. The predicted molar refractivity (Wildman–Crippen MR) is 60.9 cm³/mol. The number of amides is 1. The molecule has 0 aliphatic carbocycles. The molecule has 1 aromatic rings. The van der Waals surface area contributed by atoms with Crippen LogP contribution in [0.5, 0.6) is 0 Å². The number of hydrogen-bond donors (Lipinski definition) is 1. The molecule has 2 rings (SSSR count). The molecular weight excluding hydrogens is 186 g/mol. The number of benzene rings is 1. The Balaban J connectivity index is 2.37. The normalized spacial score (nSPS) is 25.4. The van der Waals surface area contributed by atoms with E-state index in [0.717, 1.165) is 0 Å². The van der Waals surface area contributed by atoms with Crippen LogP contribution in [-0.4, -0.2) is 11.9 Å². The van der Waals surface area contributed by atoms with Crippen molar-refractivity contribution in [3.63, 3.8) is 0 Å². The molecule has 0 aromatic heterocycles. The molecule has 1 aliphatic heterocycles. The molecule has 0 saturated carbocycles. The Bertz CT molecular complexity index is 398. The van der Waals surface area contributed by atoms with E-state index in [9.17, 15) is 4.79 Å². The Morgan fingerprint density at radius 3 is 2.67 bits per heavy atom. The fraction of sp³-hybridized carbons (Fsp3) is 0.462. The summed E-state index contributed by atoms with van der Waals surface area (Å²) in [5, 5.41) is 2.97. The Kier molecular flexibility index (Phi) is 2.51. The molecule has 2 unspecified atom stereocenters. The van der Waals surface area contributed by atoms with Crippen LogP contribution in [-0.2, 0) is 4.79 Å². The summed E-state index contributed by atoms with van der Waals surface area (Å²) in [6, 6.07) is 6.60. The summed E-state index contributed by atoms with van der Waals surface area (Å²) in [6.07, 6.45) is 0.630. The summed E-state index contributed by atoms with van der Waals surface area (Å²) in [6.45, 7) is 6.34. The van der Waals surface area contributed by atoms with Crippen LogP contribution in [0.1, 0.15) is 36.0 Å². The molecule has 2 heteroatoms. The van der Waals surface area contributed by atoms with Gasteiger partial charge in [0, 0.05) is 18.4 Å². The van der Waals surface area contributed by atoms with E-state index in [0.29, 0.717) is 12.3 Å². The van der Waals surface area contributed by atoms with Gasteiger partial charge in [-0.15, -0.1) is 0 Å². The first-order chi connectivity index (χ1) is 7.09. The lowest BCUT2D eigenvalue weighted by Crippen LogP contribution is -2.24. The Morgan fingerprint density at radius 1 is 1.33 bits per heavy atom. The topological polar surface area (TPSA) is 29.1 Å². The summed E-state index contributed by atoms with van der Waals surface area (Å²) in [4.78, 5) is 11.3. The van der Waals surface area contributed by atoms with Gasteiger partial charge in [0.25, 0.3) is 0 Å². The Hall–Kier alpha value is -1.31. The van der Waals surface area contributed by atoms with Crippen molar-refractivity contribution >= 4 is 5.91 Å². The summed E-state index contributed by atoms with van der Waals surface area (Å²) in [5.74, 6) is 0.519. The van der Waals surface area contributed by atoms with Gasteiger partial charge in [-0.1, -0.05) is 18.2 Å². The number of hydrogen-bond acceptors (Lipinski definition) is 1. The average molecular weight is 203 g/mol. The lowest BCUT2D eigenvalue weighted by molar-refractivity contribution is -0.119. The quantitative estimate of drug-likeness (QED) is 0.745. The van der Waals surface area contributed by atoms with Crippen molar-refractivity contribution in [1.82, 2.24) is 5.32 Å². The van der Waals surface area contributed by atoms with Gasteiger partial charge in [-0.3, -0.25) is 4.79 Å². The molecule has 80 valence electrons. The SMILES string of the molecule is Cc1cccc(C2CC(=O)NC2C)c1C. The van der Waals surface area contributed by atoms with E-state index in [4.69, 9.17) is 0 Å². The highest BCUT2D eigenvalue weighted by atomic mass is 16.1. The number of aryl methyl sites for hydroxylation is 1. The molecule has 1 heterocycles. The smallest absolute Gasteiger partial charge is 0.220 e. The number of nitrogens with one attached hydrogen (secondary N) is 1. The monoisotopic (exact) mass is 203 g/mol. The van der Waals surface area contributed by atoms with Crippen LogP contribution in [0.4, 0.5) is 0 Å². The van der Waals surface area contributed by atoms with Crippen molar-refractivity contribution in [2.24, 2.45) is 0 Å². The Labute approximate surface area is 90.7 Å². The van der Waals surface area contributed by atoms with Crippen LogP contribution >= 0.6 is 0 Å². The summed E-state index contributed by atoms with van der Waals surface area (Å²) in [5.41, 5.74) is 3.95. The second-order valence-corrected chi connectivity index (χ2v) is 4.46. The summed E-state index contributed by atoms with van der Waals surface area (Å²) < 4.78 is 0.